The summed E-state index contributed by atoms with van der Waals surface area (Å²) in [5, 5.41) is 9.11. The van der Waals surface area contributed by atoms with E-state index >= 15 is 0 Å². The second kappa shape index (κ2) is 4.69. The SMILES string of the molecule is O=C(O)c1ccc2c(c1)CN(c1nc(C(F)(F)F)ns1)C2. The van der Waals surface area contributed by atoms with E-state index in [1.165, 1.54) is 12.1 Å². The van der Waals surface area contributed by atoms with Crippen molar-refractivity contribution >= 4 is 22.6 Å². The van der Waals surface area contributed by atoms with Crippen LogP contribution in [0.25, 0.3) is 0 Å². The summed E-state index contributed by atoms with van der Waals surface area (Å²) in [4.78, 5) is 16.0. The fourth-order valence-corrected chi connectivity index (χ4v) is 2.81. The van der Waals surface area contributed by atoms with Crippen LogP contribution in [-0.2, 0) is 19.3 Å². The molecule has 0 fully saturated rings. The highest BCUT2D eigenvalue weighted by Crippen LogP contribution is 2.34. The average molecular weight is 315 g/mol. The lowest BCUT2D eigenvalue weighted by atomic mass is 10.1. The third-order valence-corrected chi connectivity index (χ3v) is 3.89. The van der Waals surface area contributed by atoms with Gasteiger partial charge in [-0.15, -0.1) is 0 Å². The predicted octanol–water partition coefficient (Wildman–Crippen LogP) is 2.78. The fraction of sp³-hybridized carbons (Fsp3) is 0.250. The zero-order valence-corrected chi connectivity index (χ0v) is 11.2. The molecule has 0 atom stereocenters. The van der Waals surface area contributed by atoms with Crippen LogP contribution in [0.3, 0.4) is 0 Å². The van der Waals surface area contributed by atoms with Gasteiger partial charge in [-0.3, -0.25) is 0 Å². The van der Waals surface area contributed by atoms with Crippen LogP contribution in [-0.4, -0.2) is 20.4 Å². The van der Waals surface area contributed by atoms with Crippen molar-refractivity contribution in [1.29, 1.82) is 0 Å². The van der Waals surface area contributed by atoms with Crippen LogP contribution >= 0.6 is 11.5 Å². The van der Waals surface area contributed by atoms with Gasteiger partial charge in [0.2, 0.25) is 11.0 Å². The largest absolute Gasteiger partial charge is 0.478 e. The minimum Gasteiger partial charge on any atom is -0.478 e. The molecule has 21 heavy (non-hydrogen) atoms. The number of anilines is 1. The van der Waals surface area contributed by atoms with E-state index in [0.29, 0.717) is 24.6 Å². The molecule has 0 radical (unpaired) electrons. The number of nitrogens with zero attached hydrogens (tertiary/aromatic N) is 3. The normalized spacial score (nSPS) is 14.3. The minimum absolute atomic E-state index is 0.156. The van der Waals surface area contributed by atoms with Gasteiger partial charge in [-0.1, -0.05) is 6.07 Å². The highest BCUT2D eigenvalue weighted by molar-refractivity contribution is 7.09. The van der Waals surface area contributed by atoms with Crippen LogP contribution in [0.1, 0.15) is 27.3 Å². The van der Waals surface area contributed by atoms with Crippen molar-refractivity contribution in [2.24, 2.45) is 0 Å². The van der Waals surface area contributed by atoms with Crippen LogP contribution in [0.2, 0.25) is 0 Å². The zero-order valence-electron chi connectivity index (χ0n) is 10.4. The minimum atomic E-state index is -4.56. The number of aromatic nitrogens is 2. The molecule has 0 saturated heterocycles. The Kier molecular flexibility index (Phi) is 3.08. The Balaban J connectivity index is 1.84. The molecule has 1 aliphatic heterocycles. The quantitative estimate of drug-likeness (QED) is 0.923. The summed E-state index contributed by atoms with van der Waals surface area (Å²) in [6.07, 6.45) is -4.56. The van der Waals surface area contributed by atoms with Crippen LogP contribution in [0.5, 0.6) is 0 Å². The molecule has 0 saturated carbocycles. The van der Waals surface area contributed by atoms with Gasteiger partial charge in [0.15, 0.2) is 0 Å². The van der Waals surface area contributed by atoms with Crippen LogP contribution in [0.15, 0.2) is 18.2 Å². The Bertz CT molecular complexity index is 714. The Morgan fingerprint density at radius 3 is 2.62 bits per heavy atom. The second-order valence-corrected chi connectivity index (χ2v) is 5.27. The zero-order chi connectivity index (χ0) is 15.2. The van der Waals surface area contributed by atoms with Crippen molar-refractivity contribution in [1.82, 2.24) is 9.36 Å². The number of rotatable bonds is 2. The maximum absolute atomic E-state index is 12.5. The summed E-state index contributed by atoms with van der Waals surface area (Å²) in [7, 11) is 0. The highest BCUT2D eigenvalue weighted by Gasteiger charge is 2.37. The third-order valence-electron chi connectivity index (χ3n) is 3.11. The van der Waals surface area contributed by atoms with Gasteiger partial charge in [-0.05, 0) is 23.3 Å². The molecule has 1 aliphatic rings. The predicted molar refractivity (Wildman–Crippen MR) is 68.2 cm³/mol. The van der Waals surface area contributed by atoms with Gasteiger partial charge in [-0.25, -0.2) is 4.79 Å². The number of benzene rings is 1. The lowest BCUT2D eigenvalue weighted by Crippen LogP contribution is -2.15. The number of alkyl halides is 3. The van der Waals surface area contributed by atoms with Crippen LogP contribution in [0.4, 0.5) is 18.3 Å². The summed E-state index contributed by atoms with van der Waals surface area (Å²) < 4.78 is 40.8. The molecule has 1 N–H and O–H groups in total. The van der Waals surface area contributed by atoms with E-state index < -0.39 is 18.0 Å². The van der Waals surface area contributed by atoms with E-state index in [1.807, 2.05) is 0 Å². The molecule has 3 rings (SSSR count). The van der Waals surface area contributed by atoms with E-state index in [2.05, 4.69) is 9.36 Å². The molecule has 0 bridgehead atoms. The molecule has 2 heterocycles. The van der Waals surface area contributed by atoms with E-state index in [9.17, 15) is 18.0 Å². The molecule has 5 nitrogen and oxygen atoms in total. The molecule has 0 aliphatic carbocycles. The lowest BCUT2D eigenvalue weighted by Gasteiger charge is -2.12. The van der Waals surface area contributed by atoms with Crippen molar-refractivity contribution in [2.75, 3.05) is 4.90 Å². The fourth-order valence-electron chi connectivity index (χ4n) is 2.12. The maximum atomic E-state index is 12.5. The average Bonchev–Trinajstić information content (AvgIpc) is 3.03. The van der Waals surface area contributed by atoms with Crippen molar-refractivity contribution < 1.29 is 23.1 Å². The second-order valence-electron chi connectivity index (χ2n) is 4.54. The van der Waals surface area contributed by atoms with E-state index in [0.717, 1.165) is 11.1 Å². The molecule has 1 aromatic carbocycles. The van der Waals surface area contributed by atoms with Gasteiger partial charge in [0, 0.05) is 24.6 Å². The molecular formula is C12H8F3N3O2S. The van der Waals surface area contributed by atoms with Gasteiger partial charge >= 0.3 is 12.1 Å². The van der Waals surface area contributed by atoms with Crippen molar-refractivity contribution in [3.63, 3.8) is 0 Å². The topological polar surface area (TPSA) is 66.3 Å². The Morgan fingerprint density at radius 2 is 2.00 bits per heavy atom. The van der Waals surface area contributed by atoms with Crippen molar-refractivity contribution in [2.45, 2.75) is 19.3 Å². The first-order chi connectivity index (χ1) is 9.84. The smallest absolute Gasteiger partial charge is 0.452 e. The molecule has 1 aromatic heterocycles. The van der Waals surface area contributed by atoms with Gasteiger partial charge < -0.3 is 10.0 Å². The van der Waals surface area contributed by atoms with Crippen molar-refractivity contribution in [3.05, 3.63) is 40.7 Å². The van der Waals surface area contributed by atoms with Gasteiger partial charge in [-0.2, -0.15) is 22.5 Å². The number of hydrogen-bond donors (Lipinski definition) is 1. The molecule has 0 spiro atoms. The monoisotopic (exact) mass is 315 g/mol. The van der Waals surface area contributed by atoms with Gasteiger partial charge in [0.1, 0.15) is 0 Å². The van der Waals surface area contributed by atoms with Gasteiger partial charge in [0.25, 0.3) is 0 Å². The summed E-state index contributed by atoms with van der Waals surface area (Å²) >= 11 is 0.683. The molecule has 9 heteroatoms. The van der Waals surface area contributed by atoms with E-state index in [-0.39, 0.29) is 10.7 Å². The first-order valence-electron chi connectivity index (χ1n) is 5.85. The van der Waals surface area contributed by atoms with E-state index in [1.54, 1.807) is 11.0 Å². The summed E-state index contributed by atoms with van der Waals surface area (Å²) in [6, 6.07) is 4.68. The summed E-state index contributed by atoms with van der Waals surface area (Å²) in [6.45, 7) is 0.713. The number of carboxylic acid groups (broad SMARTS) is 1. The number of fused-ring (bicyclic) bond motifs is 1. The van der Waals surface area contributed by atoms with Gasteiger partial charge in [0.05, 0.1) is 5.56 Å². The molecule has 0 unspecified atom stereocenters. The Labute approximate surface area is 120 Å². The maximum Gasteiger partial charge on any atom is 0.452 e. The Morgan fingerprint density at radius 1 is 1.29 bits per heavy atom. The van der Waals surface area contributed by atoms with Crippen LogP contribution < -0.4 is 4.90 Å². The molecule has 2 aromatic rings. The van der Waals surface area contributed by atoms with E-state index in [4.69, 9.17) is 5.11 Å². The number of carbonyl (C=O) groups is 1. The molecule has 0 amide bonds. The summed E-state index contributed by atoms with van der Waals surface area (Å²) in [5.74, 6) is -2.18. The lowest BCUT2D eigenvalue weighted by molar-refractivity contribution is -0.144. The number of hydrogen-bond acceptors (Lipinski definition) is 5. The standard InChI is InChI=1S/C12H8F3N3O2S/c13-12(14,15)10-16-11(21-17-10)18-4-7-2-1-6(9(19)20)3-8(7)5-18/h1-3H,4-5H2,(H,19,20). The highest BCUT2D eigenvalue weighted by atomic mass is 32.1. The molecule has 110 valence electrons. The third kappa shape index (κ3) is 2.56. The Hall–Kier alpha value is -2.16. The number of carboxylic acids is 1. The van der Waals surface area contributed by atoms with Crippen molar-refractivity contribution in [3.8, 4) is 0 Å². The first-order valence-corrected chi connectivity index (χ1v) is 6.63. The molecular weight excluding hydrogens is 307 g/mol. The number of halogens is 3. The van der Waals surface area contributed by atoms with Crippen LogP contribution in [0, 0.1) is 0 Å². The summed E-state index contributed by atoms with van der Waals surface area (Å²) in [5.41, 5.74) is 1.81. The number of aromatic carboxylic acids is 1. The first kappa shape index (κ1) is 13.8.